The molecule has 0 saturated heterocycles. The van der Waals surface area contributed by atoms with Crippen LogP contribution in [-0.4, -0.2) is 25.3 Å². The first-order valence-corrected chi connectivity index (χ1v) is 11.5. The van der Waals surface area contributed by atoms with Crippen LogP contribution in [0.1, 0.15) is 48.7 Å². The van der Waals surface area contributed by atoms with Crippen LogP contribution < -0.4 is 9.46 Å². The summed E-state index contributed by atoms with van der Waals surface area (Å²) in [5, 5.41) is 4.54. The number of methoxy groups -OCH3 is 1. The Hall–Kier alpha value is -2.80. The normalized spacial score (nSPS) is 12.6. The summed E-state index contributed by atoms with van der Waals surface area (Å²) < 4.78 is 35.7. The zero-order valence-corrected chi connectivity index (χ0v) is 19.0. The third-order valence-electron chi connectivity index (χ3n) is 5.46. The molecule has 3 aromatic rings. The maximum atomic E-state index is 12.9. The van der Waals surface area contributed by atoms with Crippen molar-refractivity contribution < 1.29 is 13.2 Å². The smallest absolute Gasteiger partial charge is 0.262 e. The highest BCUT2D eigenvalue weighted by Crippen LogP contribution is 2.26. The lowest BCUT2D eigenvalue weighted by molar-refractivity contribution is 0.414. The van der Waals surface area contributed by atoms with Crippen molar-refractivity contribution >= 4 is 15.7 Å². The molecule has 0 spiro atoms. The third kappa shape index (κ3) is 4.67. The molecule has 0 fully saturated rings. The zero-order chi connectivity index (χ0) is 21.9. The minimum absolute atomic E-state index is 0.244. The fourth-order valence-corrected chi connectivity index (χ4v) is 4.52. The van der Waals surface area contributed by atoms with E-state index in [0.717, 1.165) is 29.0 Å². The number of nitrogens with one attached hydrogen (secondary N) is 1. The van der Waals surface area contributed by atoms with Gasteiger partial charge < -0.3 is 4.74 Å². The molecule has 0 aliphatic carbocycles. The van der Waals surface area contributed by atoms with Crippen LogP contribution in [0.3, 0.4) is 0 Å². The lowest BCUT2D eigenvalue weighted by Crippen LogP contribution is -2.14. The number of aryl methyl sites for hydroxylation is 1. The van der Waals surface area contributed by atoms with E-state index in [-0.39, 0.29) is 4.90 Å². The molecule has 1 aromatic heterocycles. The average molecular weight is 428 g/mol. The quantitative estimate of drug-likeness (QED) is 0.557. The zero-order valence-electron chi connectivity index (χ0n) is 18.1. The van der Waals surface area contributed by atoms with E-state index in [1.54, 1.807) is 30.8 Å². The van der Waals surface area contributed by atoms with Gasteiger partial charge in [0, 0.05) is 0 Å². The van der Waals surface area contributed by atoms with E-state index in [1.807, 2.05) is 43.3 Å². The molecule has 6 nitrogen and oxygen atoms in total. The molecule has 0 radical (unpaired) electrons. The van der Waals surface area contributed by atoms with Crippen LogP contribution in [0.4, 0.5) is 5.69 Å². The maximum Gasteiger partial charge on any atom is 0.262 e. The van der Waals surface area contributed by atoms with Gasteiger partial charge in [-0.15, -0.1) is 0 Å². The van der Waals surface area contributed by atoms with Crippen molar-refractivity contribution in [1.29, 1.82) is 0 Å². The topological polar surface area (TPSA) is 73.2 Å². The molecule has 3 rings (SSSR count). The van der Waals surface area contributed by atoms with Gasteiger partial charge in [-0.1, -0.05) is 38.1 Å². The van der Waals surface area contributed by atoms with Crippen molar-refractivity contribution in [2.75, 3.05) is 11.8 Å². The number of benzene rings is 2. The first-order valence-electron chi connectivity index (χ1n) is 10.0. The molecular formula is C23H29N3O3S. The average Bonchev–Trinajstić information content (AvgIpc) is 3.00. The third-order valence-corrected chi connectivity index (χ3v) is 6.82. The van der Waals surface area contributed by atoms with Crippen LogP contribution in [-0.2, 0) is 16.6 Å². The van der Waals surface area contributed by atoms with E-state index < -0.39 is 10.0 Å². The van der Waals surface area contributed by atoms with Crippen LogP contribution in [0.15, 0.2) is 53.4 Å². The summed E-state index contributed by atoms with van der Waals surface area (Å²) in [6.45, 7) is 8.44. The molecule has 0 aliphatic rings. The van der Waals surface area contributed by atoms with E-state index >= 15 is 0 Å². The van der Waals surface area contributed by atoms with Crippen LogP contribution >= 0.6 is 0 Å². The van der Waals surface area contributed by atoms with E-state index in [2.05, 4.69) is 23.7 Å². The van der Waals surface area contributed by atoms with Crippen LogP contribution in [0.25, 0.3) is 0 Å². The van der Waals surface area contributed by atoms with E-state index in [9.17, 15) is 8.42 Å². The van der Waals surface area contributed by atoms with Gasteiger partial charge >= 0.3 is 0 Å². The second-order valence-electron chi connectivity index (χ2n) is 7.54. The first kappa shape index (κ1) is 21.9. The Bertz CT molecular complexity index is 1120. The van der Waals surface area contributed by atoms with Crippen molar-refractivity contribution in [3.63, 3.8) is 0 Å². The summed E-state index contributed by atoms with van der Waals surface area (Å²) in [5.74, 6) is 1.17. The summed E-state index contributed by atoms with van der Waals surface area (Å²) >= 11 is 0. The number of nitrogens with zero attached hydrogens (tertiary/aromatic N) is 2. The molecule has 2 aromatic carbocycles. The number of hydrogen-bond donors (Lipinski definition) is 1. The molecule has 1 unspecified atom stereocenters. The fourth-order valence-electron chi connectivity index (χ4n) is 3.35. The summed E-state index contributed by atoms with van der Waals surface area (Å²) in [6.07, 6.45) is 1.01. The minimum atomic E-state index is -3.70. The van der Waals surface area contributed by atoms with Gasteiger partial charge in [-0.2, -0.15) is 5.10 Å². The standard InChI is InChI=1S/C23H29N3O3S/c1-6-16(2)20-10-12-22(13-11-20)30(27,28)25-23-17(3)24-26(18(23)4)15-19-8-7-9-21(14-19)29-5/h7-14,16,25H,6,15H2,1-5H3. The molecule has 7 heteroatoms. The summed E-state index contributed by atoms with van der Waals surface area (Å²) in [7, 11) is -2.07. The highest BCUT2D eigenvalue weighted by Gasteiger charge is 2.20. The van der Waals surface area contributed by atoms with Crippen molar-refractivity contribution in [2.24, 2.45) is 0 Å². The SMILES string of the molecule is CCC(C)c1ccc(S(=O)(=O)Nc2c(C)nn(Cc3cccc(OC)c3)c2C)cc1. The van der Waals surface area contributed by atoms with Gasteiger partial charge in [0.15, 0.2) is 0 Å². The predicted molar refractivity (Wildman–Crippen MR) is 120 cm³/mol. The minimum Gasteiger partial charge on any atom is -0.497 e. The number of anilines is 1. The van der Waals surface area contributed by atoms with Crippen molar-refractivity contribution in [3.8, 4) is 5.75 Å². The van der Waals surface area contributed by atoms with Gasteiger partial charge in [0.25, 0.3) is 10.0 Å². The molecule has 0 aliphatic heterocycles. The number of sulfonamides is 1. The Labute approximate surface area is 178 Å². The lowest BCUT2D eigenvalue weighted by atomic mass is 9.99. The monoisotopic (exact) mass is 427 g/mol. The van der Waals surface area contributed by atoms with Crippen molar-refractivity contribution in [1.82, 2.24) is 9.78 Å². The number of rotatable bonds is 8. The summed E-state index contributed by atoms with van der Waals surface area (Å²) in [6, 6.07) is 14.8. The molecule has 1 N–H and O–H groups in total. The van der Waals surface area contributed by atoms with Gasteiger partial charge in [-0.05, 0) is 61.6 Å². The van der Waals surface area contributed by atoms with Crippen LogP contribution in [0.2, 0.25) is 0 Å². The molecule has 0 saturated carbocycles. The second-order valence-corrected chi connectivity index (χ2v) is 9.22. The maximum absolute atomic E-state index is 12.9. The molecule has 0 bridgehead atoms. The Morgan fingerprint density at radius 1 is 1.13 bits per heavy atom. The molecular weight excluding hydrogens is 398 g/mol. The molecule has 160 valence electrons. The Morgan fingerprint density at radius 3 is 2.47 bits per heavy atom. The molecule has 0 amide bonds. The fraction of sp³-hybridized carbons (Fsp3) is 0.348. The Morgan fingerprint density at radius 2 is 1.83 bits per heavy atom. The second kappa shape index (κ2) is 8.92. The highest BCUT2D eigenvalue weighted by molar-refractivity contribution is 7.92. The van der Waals surface area contributed by atoms with Gasteiger partial charge in [0.1, 0.15) is 5.75 Å². The van der Waals surface area contributed by atoms with Gasteiger partial charge in [-0.3, -0.25) is 9.40 Å². The predicted octanol–water partition coefficient (Wildman–Crippen LogP) is 4.87. The number of aromatic nitrogens is 2. The van der Waals surface area contributed by atoms with Crippen LogP contribution in [0, 0.1) is 13.8 Å². The van der Waals surface area contributed by atoms with Gasteiger partial charge in [0.2, 0.25) is 0 Å². The molecule has 1 heterocycles. The number of ether oxygens (including phenoxy) is 1. The molecule has 30 heavy (non-hydrogen) atoms. The van der Waals surface area contributed by atoms with Gasteiger partial charge in [-0.25, -0.2) is 8.42 Å². The van der Waals surface area contributed by atoms with Gasteiger partial charge in [0.05, 0.1) is 35.6 Å². The van der Waals surface area contributed by atoms with Crippen molar-refractivity contribution in [3.05, 3.63) is 71.0 Å². The van der Waals surface area contributed by atoms with Crippen molar-refractivity contribution in [2.45, 2.75) is 51.5 Å². The lowest BCUT2D eigenvalue weighted by Gasteiger charge is -2.12. The Kier molecular flexibility index (Phi) is 6.51. The van der Waals surface area contributed by atoms with E-state index in [1.165, 1.54) is 0 Å². The Balaban J connectivity index is 1.84. The molecule has 1 atom stereocenters. The first-order chi connectivity index (χ1) is 14.2. The van der Waals surface area contributed by atoms with E-state index in [4.69, 9.17) is 4.74 Å². The highest BCUT2D eigenvalue weighted by atomic mass is 32.2. The van der Waals surface area contributed by atoms with E-state index in [0.29, 0.717) is 23.8 Å². The summed E-state index contributed by atoms with van der Waals surface area (Å²) in [5.41, 5.74) is 4.07. The summed E-state index contributed by atoms with van der Waals surface area (Å²) in [4.78, 5) is 0.244. The van der Waals surface area contributed by atoms with Crippen LogP contribution in [0.5, 0.6) is 5.75 Å². The largest absolute Gasteiger partial charge is 0.497 e. The number of hydrogen-bond acceptors (Lipinski definition) is 4.